The SMILES string of the molecule is NCC1(c2nc(-c3cccc(O)c3)no2)CCOCC1. The Labute approximate surface area is 116 Å². The van der Waals surface area contributed by atoms with Gasteiger partial charge < -0.3 is 20.1 Å². The van der Waals surface area contributed by atoms with E-state index in [4.69, 9.17) is 15.0 Å². The van der Waals surface area contributed by atoms with E-state index in [1.807, 2.05) is 6.07 Å². The smallest absolute Gasteiger partial charge is 0.234 e. The van der Waals surface area contributed by atoms with E-state index in [1.165, 1.54) is 0 Å². The fraction of sp³-hybridized carbons (Fsp3) is 0.429. The Balaban J connectivity index is 1.93. The normalized spacial score (nSPS) is 18.1. The Morgan fingerprint density at radius 3 is 2.80 bits per heavy atom. The number of nitrogens with two attached hydrogens (primary N) is 1. The van der Waals surface area contributed by atoms with Crippen LogP contribution in [-0.2, 0) is 10.2 Å². The summed E-state index contributed by atoms with van der Waals surface area (Å²) in [6.07, 6.45) is 1.57. The molecule has 20 heavy (non-hydrogen) atoms. The molecule has 3 rings (SSSR count). The molecule has 1 saturated heterocycles. The van der Waals surface area contributed by atoms with Crippen molar-refractivity contribution < 1.29 is 14.4 Å². The van der Waals surface area contributed by atoms with Crippen LogP contribution in [0.3, 0.4) is 0 Å². The molecule has 0 spiro atoms. The zero-order valence-corrected chi connectivity index (χ0v) is 11.1. The quantitative estimate of drug-likeness (QED) is 0.880. The van der Waals surface area contributed by atoms with Gasteiger partial charge in [-0.1, -0.05) is 17.3 Å². The summed E-state index contributed by atoms with van der Waals surface area (Å²) in [6, 6.07) is 6.78. The number of benzene rings is 1. The standard InChI is InChI=1S/C14H17N3O3/c15-9-14(4-6-19-7-5-14)13-16-12(17-20-13)10-2-1-3-11(18)8-10/h1-3,8,18H,4-7,9,15H2. The number of phenolic OH excluding ortho intramolecular Hbond substituents is 1. The molecule has 6 heteroatoms. The number of nitrogens with zero attached hydrogens (tertiary/aromatic N) is 2. The Kier molecular flexibility index (Phi) is 3.42. The first-order valence-corrected chi connectivity index (χ1v) is 6.65. The highest BCUT2D eigenvalue weighted by Gasteiger charge is 2.38. The van der Waals surface area contributed by atoms with Crippen molar-refractivity contribution in [2.75, 3.05) is 19.8 Å². The van der Waals surface area contributed by atoms with Crippen molar-refractivity contribution in [2.24, 2.45) is 5.73 Å². The van der Waals surface area contributed by atoms with Gasteiger partial charge in [-0.25, -0.2) is 0 Å². The van der Waals surface area contributed by atoms with Crippen molar-refractivity contribution in [3.05, 3.63) is 30.2 Å². The molecule has 6 nitrogen and oxygen atoms in total. The van der Waals surface area contributed by atoms with E-state index >= 15 is 0 Å². The van der Waals surface area contributed by atoms with Crippen molar-refractivity contribution in [1.29, 1.82) is 0 Å². The highest BCUT2D eigenvalue weighted by atomic mass is 16.5. The molecule has 0 amide bonds. The second-order valence-corrected chi connectivity index (χ2v) is 5.07. The molecule has 1 aromatic heterocycles. The maximum absolute atomic E-state index is 9.50. The van der Waals surface area contributed by atoms with Gasteiger partial charge in [-0.05, 0) is 25.0 Å². The third-order valence-corrected chi connectivity index (χ3v) is 3.82. The van der Waals surface area contributed by atoms with E-state index in [-0.39, 0.29) is 11.2 Å². The van der Waals surface area contributed by atoms with Crippen molar-refractivity contribution in [3.8, 4) is 17.1 Å². The number of hydrogen-bond donors (Lipinski definition) is 2. The number of phenols is 1. The van der Waals surface area contributed by atoms with Gasteiger partial charge >= 0.3 is 0 Å². The lowest BCUT2D eigenvalue weighted by Gasteiger charge is -2.32. The molecule has 1 aliphatic heterocycles. The van der Waals surface area contributed by atoms with Gasteiger partial charge in [0.1, 0.15) is 5.75 Å². The summed E-state index contributed by atoms with van der Waals surface area (Å²) in [5.41, 5.74) is 6.35. The zero-order chi connectivity index (χ0) is 14.0. The largest absolute Gasteiger partial charge is 0.508 e. The first-order valence-electron chi connectivity index (χ1n) is 6.65. The maximum atomic E-state index is 9.50. The Hall–Kier alpha value is -1.92. The van der Waals surface area contributed by atoms with Crippen molar-refractivity contribution in [2.45, 2.75) is 18.3 Å². The van der Waals surface area contributed by atoms with E-state index in [0.29, 0.717) is 31.5 Å². The number of aromatic hydroxyl groups is 1. The van der Waals surface area contributed by atoms with E-state index in [2.05, 4.69) is 10.1 Å². The summed E-state index contributed by atoms with van der Waals surface area (Å²) >= 11 is 0. The van der Waals surface area contributed by atoms with Gasteiger partial charge in [-0.15, -0.1) is 0 Å². The summed E-state index contributed by atoms with van der Waals surface area (Å²) in [7, 11) is 0. The van der Waals surface area contributed by atoms with Crippen molar-refractivity contribution in [1.82, 2.24) is 10.1 Å². The summed E-state index contributed by atoms with van der Waals surface area (Å²) in [6.45, 7) is 1.76. The van der Waals surface area contributed by atoms with Crippen LogP contribution in [0, 0.1) is 0 Å². The van der Waals surface area contributed by atoms with Crippen LogP contribution in [0.2, 0.25) is 0 Å². The molecule has 2 aromatic rings. The van der Waals surface area contributed by atoms with Crippen LogP contribution in [-0.4, -0.2) is 35.0 Å². The topological polar surface area (TPSA) is 94.4 Å². The summed E-state index contributed by atoms with van der Waals surface area (Å²) in [4.78, 5) is 4.46. The molecular formula is C14H17N3O3. The van der Waals surface area contributed by atoms with E-state index < -0.39 is 0 Å². The van der Waals surface area contributed by atoms with E-state index in [1.54, 1.807) is 18.2 Å². The average molecular weight is 275 g/mol. The third kappa shape index (κ3) is 2.28. The molecule has 1 aromatic carbocycles. The lowest BCUT2D eigenvalue weighted by atomic mass is 9.80. The molecule has 0 aliphatic carbocycles. The lowest BCUT2D eigenvalue weighted by molar-refractivity contribution is 0.0409. The predicted molar refractivity (Wildman–Crippen MR) is 72.2 cm³/mol. The van der Waals surface area contributed by atoms with Crippen LogP contribution in [0.4, 0.5) is 0 Å². The summed E-state index contributed by atoms with van der Waals surface area (Å²) in [5, 5.41) is 13.5. The summed E-state index contributed by atoms with van der Waals surface area (Å²) < 4.78 is 10.8. The van der Waals surface area contributed by atoms with Crippen LogP contribution in [0.1, 0.15) is 18.7 Å². The fourth-order valence-electron chi connectivity index (χ4n) is 2.47. The lowest BCUT2D eigenvalue weighted by Crippen LogP contribution is -2.40. The fourth-order valence-corrected chi connectivity index (χ4v) is 2.47. The Morgan fingerprint density at radius 2 is 2.10 bits per heavy atom. The van der Waals surface area contributed by atoms with Gasteiger partial charge in [0.15, 0.2) is 0 Å². The van der Waals surface area contributed by atoms with Gasteiger partial charge in [0.05, 0.1) is 5.41 Å². The van der Waals surface area contributed by atoms with E-state index in [9.17, 15) is 5.11 Å². The van der Waals surface area contributed by atoms with Gasteiger partial charge in [-0.3, -0.25) is 0 Å². The minimum atomic E-state index is -0.291. The second-order valence-electron chi connectivity index (χ2n) is 5.07. The molecule has 0 atom stereocenters. The minimum absolute atomic E-state index is 0.174. The third-order valence-electron chi connectivity index (χ3n) is 3.82. The number of hydrogen-bond acceptors (Lipinski definition) is 6. The van der Waals surface area contributed by atoms with Gasteiger partial charge in [-0.2, -0.15) is 4.98 Å². The average Bonchev–Trinajstić information content (AvgIpc) is 2.98. The molecule has 2 heterocycles. The highest BCUT2D eigenvalue weighted by molar-refractivity contribution is 5.56. The van der Waals surface area contributed by atoms with Crippen molar-refractivity contribution in [3.63, 3.8) is 0 Å². The molecule has 0 unspecified atom stereocenters. The number of ether oxygens (including phenoxy) is 1. The van der Waals surface area contributed by atoms with Gasteiger partial charge in [0, 0.05) is 25.3 Å². The van der Waals surface area contributed by atoms with Crippen LogP contribution in [0.25, 0.3) is 11.4 Å². The molecule has 0 saturated carbocycles. The van der Waals surface area contributed by atoms with Gasteiger partial charge in [0.25, 0.3) is 0 Å². The molecule has 0 bridgehead atoms. The van der Waals surface area contributed by atoms with Gasteiger partial charge in [0.2, 0.25) is 11.7 Å². The van der Waals surface area contributed by atoms with Crippen molar-refractivity contribution >= 4 is 0 Å². The van der Waals surface area contributed by atoms with Crippen LogP contribution < -0.4 is 5.73 Å². The molecule has 3 N–H and O–H groups in total. The highest BCUT2D eigenvalue weighted by Crippen LogP contribution is 2.34. The maximum Gasteiger partial charge on any atom is 0.234 e. The molecule has 0 radical (unpaired) electrons. The summed E-state index contributed by atoms with van der Waals surface area (Å²) in [5.74, 6) is 1.20. The Bertz CT molecular complexity index is 591. The number of rotatable bonds is 3. The monoisotopic (exact) mass is 275 g/mol. The molecule has 1 fully saturated rings. The number of aromatic nitrogens is 2. The van der Waals surface area contributed by atoms with E-state index in [0.717, 1.165) is 18.4 Å². The first kappa shape index (κ1) is 13.1. The molecule has 106 valence electrons. The first-order chi connectivity index (χ1) is 9.73. The zero-order valence-electron chi connectivity index (χ0n) is 11.1. The second kappa shape index (κ2) is 5.22. The minimum Gasteiger partial charge on any atom is -0.508 e. The molecule has 1 aliphatic rings. The Morgan fingerprint density at radius 1 is 1.30 bits per heavy atom. The van der Waals surface area contributed by atoms with Crippen LogP contribution in [0.15, 0.2) is 28.8 Å². The van der Waals surface area contributed by atoms with Crippen LogP contribution >= 0.6 is 0 Å². The predicted octanol–water partition coefficient (Wildman–Crippen LogP) is 1.45. The van der Waals surface area contributed by atoms with Crippen LogP contribution in [0.5, 0.6) is 5.75 Å². The molecular weight excluding hydrogens is 258 g/mol.